The summed E-state index contributed by atoms with van der Waals surface area (Å²) in [5, 5.41) is 0. The summed E-state index contributed by atoms with van der Waals surface area (Å²) in [5.41, 5.74) is 3.25. The lowest BCUT2D eigenvalue weighted by Gasteiger charge is -2.36. The van der Waals surface area contributed by atoms with Crippen LogP contribution in [0.4, 0.5) is 0 Å². The molecule has 0 spiro atoms. The van der Waals surface area contributed by atoms with E-state index in [-0.39, 0.29) is 30.3 Å². The molecule has 28 heavy (non-hydrogen) atoms. The van der Waals surface area contributed by atoms with Crippen LogP contribution in [-0.4, -0.2) is 23.8 Å². The average Bonchev–Trinajstić information content (AvgIpc) is 3.53. The number of carbonyl (C=O) groups is 1. The van der Waals surface area contributed by atoms with Crippen molar-refractivity contribution < 1.29 is 9.53 Å². The summed E-state index contributed by atoms with van der Waals surface area (Å²) in [6, 6.07) is 16.4. The maximum atomic E-state index is 12.2. The number of nitrogens with zero attached hydrogens (tertiary/aromatic N) is 1. The van der Waals surface area contributed by atoms with E-state index in [4.69, 9.17) is 4.74 Å². The van der Waals surface area contributed by atoms with Gasteiger partial charge in [-0.15, -0.1) is 12.4 Å². The third-order valence-corrected chi connectivity index (χ3v) is 5.85. The third kappa shape index (κ3) is 4.95. The van der Waals surface area contributed by atoms with E-state index >= 15 is 0 Å². The van der Waals surface area contributed by atoms with Crippen molar-refractivity contribution in [2.24, 2.45) is 11.8 Å². The van der Waals surface area contributed by atoms with Gasteiger partial charge in [0.2, 0.25) is 0 Å². The van der Waals surface area contributed by atoms with Crippen molar-refractivity contribution in [2.75, 3.05) is 13.1 Å². The Labute approximate surface area is 174 Å². The zero-order chi connectivity index (χ0) is 18.8. The second-order valence-electron chi connectivity index (χ2n) is 8.26. The Hall–Kier alpha value is -1.84. The molecule has 1 saturated heterocycles. The second-order valence-corrected chi connectivity index (χ2v) is 8.26. The molecule has 2 aromatic rings. The summed E-state index contributed by atoms with van der Waals surface area (Å²) in [5.74, 6) is 2.15. The molecule has 1 unspecified atom stereocenters. The van der Waals surface area contributed by atoms with Crippen LogP contribution in [0.5, 0.6) is 5.75 Å². The molecule has 4 heteroatoms. The number of ketones is 1. The lowest BCUT2D eigenvalue weighted by atomic mass is 9.98. The van der Waals surface area contributed by atoms with E-state index in [2.05, 4.69) is 43.0 Å². The lowest BCUT2D eigenvalue weighted by Crippen LogP contribution is -2.38. The number of hydrogen-bond donors (Lipinski definition) is 0. The molecule has 3 nitrogen and oxygen atoms in total. The van der Waals surface area contributed by atoms with E-state index in [1.54, 1.807) is 0 Å². The van der Waals surface area contributed by atoms with Crippen LogP contribution in [-0.2, 0) is 0 Å². The van der Waals surface area contributed by atoms with Crippen molar-refractivity contribution in [3.05, 3.63) is 65.2 Å². The number of likely N-dealkylation sites (tertiary alicyclic amines) is 1. The smallest absolute Gasteiger partial charge is 0.178 e. The van der Waals surface area contributed by atoms with E-state index in [0.29, 0.717) is 0 Å². The number of hydrogen-bond acceptors (Lipinski definition) is 3. The Morgan fingerprint density at radius 3 is 2.14 bits per heavy atom. The van der Waals surface area contributed by atoms with Gasteiger partial charge in [0.25, 0.3) is 0 Å². The number of carbonyl (C=O) groups excluding carboxylic acids is 1. The number of aryl methyl sites for hydroxylation is 1. The van der Waals surface area contributed by atoms with E-state index in [9.17, 15) is 4.79 Å². The molecule has 0 N–H and O–H groups in total. The summed E-state index contributed by atoms with van der Waals surface area (Å²) in [6.07, 6.45) is 4.42. The standard InChI is InChI=1S/C24H29NO2.ClH/c1-17-3-5-21(6-4-17)24(25-15-13-18(2)14-16-25)27-22-11-9-20(10-12-22)23(26)19-7-8-19;/h3-6,9-12,18-19,24H,7-8,13-16H2,1-2H3;1H. The Morgan fingerprint density at radius 2 is 1.57 bits per heavy atom. The van der Waals surface area contributed by atoms with Crippen LogP contribution in [0.15, 0.2) is 48.5 Å². The molecule has 1 aliphatic carbocycles. The monoisotopic (exact) mass is 399 g/mol. The number of ether oxygens (including phenoxy) is 1. The first kappa shape index (κ1) is 20.9. The van der Waals surface area contributed by atoms with Gasteiger partial charge in [-0.3, -0.25) is 9.69 Å². The largest absolute Gasteiger partial charge is 0.471 e. The zero-order valence-corrected chi connectivity index (χ0v) is 17.6. The van der Waals surface area contributed by atoms with Gasteiger partial charge in [0.15, 0.2) is 12.0 Å². The second kappa shape index (κ2) is 9.11. The molecular formula is C24H30ClNO2. The molecule has 0 bridgehead atoms. The maximum Gasteiger partial charge on any atom is 0.178 e. The molecule has 1 heterocycles. The van der Waals surface area contributed by atoms with Gasteiger partial charge in [-0.2, -0.15) is 0 Å². The Bertz CT molecular complexity index is 775. The number of halogens is 1. The minimum absolute atomic E-state index is 0. The van der Waals surface area contributed by atoms with Gasteiger partial charge < -0.3 is 4.74 Å². The van der Waals surface area contributed by atoms with Gasteiger partial charge in [0, 0.05) is 30.1 Å². The highest BCUT2D eigenvalue weighted by atomic mass is 35.5. The van der Waals surface area contributed by atoms with Crippen LogP contribution >= 0.6 is 12.4 Å². The number of benzene rings is 2. The first-order valence-electron chi connectivity index (χ1n) is 10.2. The van der Waals surface area contributed by atoms with Crippen molar-refractivity contribution in [1.29, 1.82) is 0 Å². The van der Waals surface area contributed by atoms with Crippen LogP contribution in [0.25, 0.3) is 0 Å². The van der Waals surface area contributed by atoms with E-state index in [1.807, 2.05) is 24.3 Å². The van der Waals surface area contributed by atoms with Crippen LogP contribution in [0.3, 0.4) is 0 Å². The van der Waals surface area contributed by atoms with Gasteiger partial charge in [-0.1, -0.05) is 36.8 Å². The predicted octanol–water partition coefficient (Wildman–Crippen LogP) is 5.82. The van der Waals surface area contributed by atoms with E-state index in [0.717, 1.165) is 43.2 Å². The van der Waals surface area contributed by atoms with Crippen LogP contribution in [0.1, 0.15) is 60.3 Å². The SMILES string of the molecule is Cc1ccc(C(Oc2ccc(C(=O)C3CC3)cc2)N2CCC(C)CC2)cc1.Cl. The quantitative estimate of drug-likeness (QED) is 0.573. The molecule has 0 aromatic heterocycles. The zero-order valence-electron chi connectivity index (χ0n) is 16.8. The Kier molecular flexibility index (Phi) is 6.79. The number of piperidine rings is 1. The number of rotatable bonds is 6. The molecule has 0 amide bonds. The van der Waals surface area contributed by atoms with Crippen LogP contribution in [0.2, 0.25) is 0 Å². The van der Waals surface area contributed by atoms with Crippen molar-refractivity contribution in [2.45, 2.75) is 45.8 Å². The molecule has 2 aliphatic rings. The lowest BCUT2D eigenvalue weighted by molar-refractivity contribution is 0.00186. The first-order chi connectivity index (χ1) is 13.1. The van der Waals surface area contributed by atoms with Crippen molar-refractivity contribution in [3.8, 4) is 5.75 Å². The Balaban J connectivity index is 0.00000225. The normalized spacial score (nSPS) is 18.9. The van der Waals surface area contributed by atoms with Crippen molar-refractivity contribution in [3.63, 3.8) is 0 Å². The molecule has 1 aliphatic heterocycles. The summed E-state index contributed by atoms with van der Waals surface area (Å²) in [7, 11) is 0. The minimum Gasteiger partial charge on any atom is -0.471 e. The fourth-order valence-electron chi connectivity index (χ4n) is 3.76. The first-order valence-corrected chi connectivity index (χ1v) is 10.2. The molecule has 2 fully saturated rings. The molecule has 4 rings (SSSR count). The summed E-state index contributed by atoms with van der Waals surface area (Å²) >= 11 is 0. The van der Waals surface area contributed by atoms with Gasteiger partial charge in [0.1, 0.15) is 5.75 Å². The molecule has 150 valence electrons. The third-order valence-electron chi connectivity index (χ3n) is 5.85. The Morgan fingerprint density at radius 1 is 0.964 bits per heavy atom. The molecule has 1 atom stereocenters. The molecule has 1 saturated carbocycles. The van der Waals surface area contributed by atoms with Gasteiger partial charge in [-0.25, -0.2) is 0 Å². The fourth-order valence-corrected chi connectivity index (χ4v) is 3.76. The van der Waals surface area contributed by atoms with E-state index in [1.165, 1.54) is 24.0 Å². The van der Waals surface area contributed by atoms with Gasteiger partial charge >= 0.3 is 0 Å². The number of Topliss-reactive ketones (excluding diaryl/α,β-unsaturated/α-hetero) is 1. The van der Waals surface area contributed by atoms with Crippen LogP contribution < -0.4 is 4.74 Å². The average molecular weight is 400 g/mol. The predicted molar refractivity (Wildman–Crippen MR) is 115 cm³/mol. The van der Waals surface area contributed by atoms with Crippen molar-refractivity contribution in [1.82, 2.24) is 4.90 Å². The highest BCUT2D eigenvalue weighted by molar-refractivity contribution is 5.99. The van der Waals surface area contributed by atoms with Gasteiger partial charge in [-0.05, 0) is 62.8 Å². The maximum absolute atomic E-state index is 12.2. The summed E-state index contributed by atoms with van der Waals surface area (Å²) < 4.78 is 6.44. The fraction of sp³-hybridized carbons (Fsp3) is 0.458. The minimum atomic E-state index is -0.0805. The molecular weight excluding hydrogens is 370 g/mol. The highest BCUT2D eigenvalue weighted by Gasteiger charge is 2.30. The van der Waals surface area contributed by atoms with Gasteiger partial charge in [0.05, 0.1) is 0 Å². The van der Waals surface area contributed by atoms with E-state index < -0.39 is 0 Å². The van der Waals surface area contributed by atoms with Crippen LogP contribution in [0, 0.1) is 18.8 Å². The summed E-state index contributed by atoms with van der Waals surface area (Å²) in [6.45, 7) is 6.54. The summed E-state index contributed by atoms with van der Waals surface area (Å²) in [4.78, 5) is 14.7. The topological polar surface area (TPSA) is 29.5 Å². The molecule has 2 aromatic carbocycles. The molecule has 0 radical (unpaired) electrons. The highest BCUT2D eigenvalue weighted by Crippen LogP contribution is 2.34. The van der Waals surface area contributed by atoms with Crippen molar-refractivity contribution >= 4 is 18.2 Å².